The number of amides is 1. The summed E-state index contributed by atoms with van der Waals surface area (Å²) in [5.41, 5.74) is -1.66. The molecule has 0 aromatic heterocycles. The molecule has 8 heteroatoms. The summed E-state index contributed by atoms with van der Waals surface area (Å²) in [7, 11) is 0. The van der Waals surface area contributed by atoms with Gasteiger partial charge in [0.25, 0.3) is 0 Å². The highest BCUT2D eigenvalue weighted by Gasteiger charge is 2.40. The summed E-state index contributed by atoms with van der Waals surface area (Å²) < 4.78 is 16.0. The zero-order chi connectivity index (χ0) is 23.9. The molecule has 1 unspecified atom stereocenters. The first-order chi connectivity index (χ1) is 14.1. The van der Waals surface area contributed by atoms with E-state index in [0.717, 1.165) is 5.56 Å². The molecular weight excluding hydrogens is 400 g/mol. The maximum absolute atomic E-state index is 12.8. The number of carbonyl (C=O) groups excluding carboxylic acids is 3. The van der Waals surface area contributed by atoms with E-state index in [0.29, 0.717) is 0 Å². The topological polar surface area (TPSA) is 103 Å². The number of rotatable bonds is 8. The van der Waals surface area contributed by atoms with Gasteiger partial charge in [-0.3, -0.25) is 10.1 Å². The Morgan fingerprint density at radius 1 is 0.871 bits per heavy atom. The lowest BCUT2D eigenvalue weighted by molar-refractivity contribution is -0.160. The third kappa shape index (κ3) is 10.8. The molecule has 31 heavy (non-hydrogen) atoms. The molecule has 1 aromatic carbocycles. The van der Waals surface area contributed by atoms with Crippen LogP contribution in [0.15, 0.2) is 30.3 Å². The minimum absolute atomic E-state index is 0.146. The minimum atomic E-state index is -1.11. The molecule has 174 valence electrons. The summed E-state index contributed by atoms with van der Waals surface area (Å²) in [6.07, 6.45) is -0.759. The van der Waals surface area contributed by atoms with Crippen molar-refractivity contribution in [2.45, 2.75) is 84.8 Å². The van der Waals surface area contributed by atoms with Crippen LogP contribution in [0.4, 0.5) is 4.79 Å². The molecule has 0 aliphatic heterocycles. The van der Waals surface area contributed by atoms with E-state index < -0.39 is 40.8 Å². The lowest BCUT2D eigenvalue weighted by Gasteiger charge is -2.36. The number of nitrogens with one attached hydrogen (secondary N) is 2. The predicted octanol–water partition coefficient (Wildman–Crippen LogP) is 3.33. The second kappa shape index (κ2) is 10.6. The van der Waals surface area contributed by atoms with Crippen molar-refractivity contribution in [1.29, 1.82) is 0 Å². The molecule has 0 radical (unpaired) electrons. The van der Waals surface area contributed by atoms with Gasteiger partial charge in [0.1, 0.15) is 23.9 Å². The number of carbonyl (C=O) groups is 3. The molecule has 2 N–H and O–H groups in total. The van der Waals surface area contributed by atoms with Gasteiger partial charge in [-0.2, -0.15) is 0 Å². The number of benzene rings is 1. The van der Waals surface area contributed by atoms with Crippen LogP contribution in [0.5, 0.6) is 0 Å². The van der Waals surface area contributed by atoms with Crippen molar-refractivity contribution in [3.05, 3.63) is 35.9 Å². The predicted molar refractivity (Wildman–Crippen MR) is 117 cm³/mol. The molecular formula is C23H36N2O6. The van der Waals surface area contributed by atoms with Crippen LogP contribution in [0, 0.1) is 0 Å². The van der Waals surface area contributed by atoms with Gasteiger partial charge in [-0.15, -0.1) is 0 Å². The molecule has 0 spiro atoms. The molecule has 0 fully saturated rings. The minimum Gasteiger partial charge on any atom is -0.460 e. The van der Waals surface area contributed by atoms with Gasteiger partial charge in [-0.25, -0.2) is 9.59 Å². The average Bonchev–Trinajstić information content (AvgIpc) is 2.60. The molecule has 0 aliphatic rings. The van der Waals surface area contributed by atoms with E-state index in [4.69, 9.17) is 14.2 Å². The summed E-state index contributed by atoms with van der Waals surface area (Å²) in [5, 5.41) is 5.55. The van der Waals surface area contributed by atoms with E-state index in [-0.39, 0.29) is 13.2 Å². The van der Waals surface area contributed by atoms with Gasteiger partial charge in [-0.05, 0) is 61.0 Å². The normalized spacial score (nSPS) is 13.2. The molecule has 1 amide bonds. The van der Waals surface area contributed by atoms with Crippen LogP contribution < -0.4 is 10.6 Å². The fourth-order valence-electron chi connectivity index (χ4n) is 2.51. The van der Waals surface area contributed by atoms with Crippen molar-refractivity contribution in [2.75, 3.05) is 6.54 Å². The molecule has 1 rings (SSSR count). The van der Waals surface area contributed by atoms with Crippen LogP contribution in [0.1, 0.15) is 61.0 Å². The third-order valence-electron chi connectivity index (χ3n) is 3.96. The van der Waals surface area contributed by atoms with E-state index in [1.165, 1.54) is 0 Å². The number of hydrogen-bond donors (Lipinski definition) is 2. The first-order valence-electron chi connectivity index (χ1n) is 10.3. The molecule has 8 nitrogen and oxygen atoms in total. The molecule has 0 aliphatic carbocycles. The SMILES string of the molecule is CC(C)(C)OC(=O)NC(C(=O)OC(C)(C)C)C(C)(C)NCC(=O)OCc1ccccc1. The number of alkyl carbamates (subject to hydrolysis) is 1. The lowest BCUT2D eigenvalue weighted by Crippen LogP contribution is -2.63. The summed E-state index contributed by atoms with van der Waals surface area (Å²) in [5.74, 6) is -1.13. The Morgan fingerprint density at radius 2 is 1.42 bits per heavy atom. The van der Waals surface area contributed by atoms with E-state index >= 15 is 0 Å². The number of ether oxygens (including phenoxy) is 3. The molecule has 0 bridgehead atoms. The van der Waals surface area contributed by atoms with Gasteiger partial charge >= 0.3 is 18.0 Å². The zero-order valence-electron chi connectivity index (χ0n) is 19.8. The Labute approximate surface area is 185 Å². The molecule has 1 aromatic rings. The van der Waals surface area contributed by atoms with Crippen molar-refractivity contribution in [1.82, 2.24) is 10.6 Å². The second-order valence-corrected chi connectivity index (χ2v) is 9.83. The first kappa shape index (κ1) is 26.4. The Balaban J connectivity index is 2.81. The Bertz CT molecular complexity index is 748. The van der Waals surface area contributed by atoms with E-state index in [1.807, 2.05) is 30.3 Å². The van der Waals surface area contributed by atoms with Gasteiger partial charge in [-0.1, -0.05) is 30.3 Å². The van der Waals surface area contributed by atoms with Crippen molar-refractivity contribution in [3.63, 3.8) is 0 Å². The fourth-order valence-corrected chi connectivity index (χ4v) is 2.51. The number of hydrogen-bond acceptors (Lipinski definition) is 7. The summed E-state index contributed by atoms with van der Waals surface area (Å²) >= 11 is 0. The van der Waals surface area contributed by atoms with Crippen molar-refractivity contribution >= 4 is 18.0 Å². The van der Waals surface area contributed by atoms with Crippen LogP contribution in [-0.4, -0.2) is 47.4 Å². The van der Waals surface area contributed by atoms with Crippen molar-refractivity contribution < 1.29 is 28.6 Å². The van der Waals surface area contributed by atoms with Crippen LogP contribution in [0.25, 0.3) is 0 Å². The van der Waals surface area contributed by atoms with E-state index in [9.17, 15) is 14.4 Å². The summed E-state index contributed by atoms with van der Waals surface area (Å²) in [4.78, 5) is 37.3. The van der Waals surface area contributed by atoms with Crippen molar-refractivity contribution in [3.8, 4) is 0 Å². The van der Waals surface area contributed by atoms with Gasteiger partial charge in [0.2, 0.25) is 0 Å². The first-order valence-corrected chi connectivity index (χ1v) is 10.3. The summed E-state index contributed by atoms with van der Waals surface area (Å²) in [6.45, 7) is 13.7. The highest BCUT2D eigenvalue weighted by Crippen LogP contribution is 2.17. The quantitative estimate of drug-likeness (QED) is 0.476. The maximum Gasteiger partial charge on any atom is 0.408 e. The molecule has 1 atom stereocenters. The standard InChI is InChI=1S/C23H36N2O6/c1-21(2,3)30-19(27)18(25-20(28)31-22(4,5)6)23(7,8)24-14-17(26)29-15-16-12-10-9-11-13-16/h9-13,18,24H,14-15H2,1-8H3,(H,25,28). The van der Waals surface area contributed by atoms with Crippen molar-refractivity contribution in [2.24, 2.45) is 0 Å². The van der Waals surface area contributed by atoms with E-state index in [1.54, 1.807) is 55.4 Å². The third-order valence-corrected chi connectivity index (χ3v) is 3.96. The average molecular weight is 437 g/mol. The zero-order valence-corrected chi connectivity index (χ0v) is 19.8. The number of esters is 2. The van der Waals surface area contributed by atoms with Crippen LogP contribution in [0.3, 0.4) is 0 Å². The molecule has 0 saturated carbocycles. The van der Waals surface area contributed by atoms with Crippen LogP contribution in [0.2, 0.25) is 0 Å². The van der Waals surface area contributed by atoms with Crippen LogP contribution in [-0.2, 0) is 30.4 Å². The van der Waals surface area contributed by atoms with Gasteiger partial charge in [0.05, 0.1) is 6.54 Å². The Hall–Kier alpha value is -2.61. The smallest absolute Gasteiger partial charge is 0.408 e. The van der Waals surface area contributed by atoms with Gasteiger partial charge < -0.3 is 19.5 Å². The molecule has 0 saturated heterocycles. The Kier molecular flexibility index (Phi) is 9.05. The maximum atomic E-state index is 12.8. The largest absolute Gasteiger partial charge is 0.460 e. The fraction of sp³-hybridized carbons (Fsp3) is 0.609. The monoisotopic (exact) mass is 436 g/mol. The van der Waals surface area contributed by atoms with Gasteiger partial charge in [0.15, 0.2) is 0 Å². The molecule has 0 heterocycles. The van der Waals surface area contributed by atoms with Gasteiger partial charge in [0, 0.05) is 5.54 Å². The second-order valence-electron chi connectivity index (χ2n) is 9.83. The van der Waals surface area contributed by atoms with Crippen LogP contribution >= 0.6 is 0 Å². The highest BCUT2D eigenvalue weighted by atomic mass is 16.6. The lowest BCUT2D eigenvalue weighted by atomic mass is 9.94. The summed E-state index contributed by atoms with van der Waals surface area (Å²) in [6, 6.07) is 8.20. The highest BCUT2D eigenvalue weighted by molar-refractivity contribution is 5.83. The van der Waals surface area contributed by atoms with E-state index in [2.05, 4.69) is 10.6 Å². The Morgan fingerprint density at radius 3 is 1.94 bits per heavy atom.